The first-order valence-electron chi connectivity index (χ1n) is 9.64. The van der Waals surface area contributed by atoms with Gasteiger partial charge in [-0.2, -0.15) is 13.2 Å². The highest BCUT2D eigenvalue weighted by Crippen LogP contribution is 2.42. The van der Waals surface area contributed by atoms with Crippen molar-refractivity contribution in [3.05, 3.63) is 57.9 Å². The lowest BCUT2D eigenvalue weighted by Gasteiger charge is -2.14. The molecule has 2 heterocycles. The summed E-state index contributed by atoms with van der Waals surface area (Å²) in [5.74, 6) is -2.44. The van der Waals surface area contributed by atoms with Crippen LogP contribution in [-0.2, 0) is 17.5 Å². The van der Waals surface area contributed by atoms with Gasteiger partial charge >= 0.3 is 17.8 Å². The van der Waals surface area contributed by atoms with E-state index < -0.39 is 39.9 Å². The molecule has 9 nitrogen and oxygen atoms in total. The number of alkyl halides is 3. The number of phenolic OH excluding ortho intramolecular Hbond substituents is 2. The van der Waals surface area contributed by atoms with Crippen molar-refractivity contribution in [1.82, 2.24) is 9.55 Å². The highest BCUT2D eigenvalue weighted by atomic mass is 19.4. The van der Waals surface area contributed by atoms with E-state index in [0.29, 0.717) is 0 Å². The predicted molar refractivity (Wildman–Crippen MR) is 110 cm³/mol. The molecule has 3 aromatic rings. The Kier molecular flexibility index (Phi) is 6.29. The molecular formula is C21H18F3N3O6. The van der Waals surface area contributed by atoms with Gasteiger partial charge in [0.1, 0.15) is 5.69 Å². The smallest absolute Gasteiger partial charge is 0.433 e. The first-order chi connectivity index (χ1) is 15.5. The maximum Gasteiger partial charge on any atom is 0.433 e. The van der Waals surface area contributed by atoms with Crippen molar-refractivity contribution >= 4 is 11.7 Å². The predicted octanol–water partition coefficient (Wildman–Crippen LogP) is 4.75. The minimum absolute atomic E-state index is 0.00882. The van der Waals surface area contributed by atoms with Crippen LogP contribution in [0.5, 0.6) is 11.5 Å². The molecule has 0 bridgehead atoms. The van der Waals surface area contributed by atoms with Crippen molar-refractivity contribution in [2.24, 2.45) is 0 Å². The number of nitro benzene ring substituents is 1. The minimum Gasteiger partial charge on any atom is -0.504 e. The number of aromatic nitrogens is 2. The monoisotopic (exact) mass is 465 g/mol. The molecule has 33 heavy (non-hydrogen) atoms. The summed E-state index contributed by atoms with van der Waals surface area (Å²) in [7, 11) is 0. The van der Waals surface area contributed by atoms with Gasteiger partial charge in [-0.1, -0.05) is 0 Å². The first kappa shape index (κ1) is 23.6. The topological polar surface area (TPSA) is 128 Å². The molecule has 2 aromatic heterocycles. The zero-order valence-electron chi connectivity index (χ0n) is 17.4. The van der Waals surface area contributed by atoms with Gasteiger partial charge < -0.3 is 19.5 Å². The largest absolute Gasteiger partial charge is 0.504 e. The number of carbonyl (C=O) groups is 1. The van der Waals surface area contributed by atoms with E-state index in [2.05, 4.69) is 4.98 Å². The number of hydrogen-bond acceptors (Lipinski definition) is 7. The van der Waals surface area contributed by atoms with Crippen LogP contribution in [0.3, 0.4) is 0 Å². The summed E-state index contributed by atoms with van der Waals surface area (Å²) in [4.78, 5) is 26.5. The maximum atomic E-state index is 12.9. The highest BCUT2D eigenvalue weighted by molar-refractivity contribution is 5.99. The van der Waals surface area contributed by atoms with Crippen LogP contribution in [0, 0.1) is 10.1 Å². The molecule has 2 N–H and O–H groups in total. The van der Waals surface area contributed by atoms with Crippen molar-refractivity contribution in [3.63, 3.8) is 0 Å². The number of pyridine rings is 1. The fraction of sp³-hybridized carbons (Fsp3) is 0.238. The van der Waals surface area contributed by atoms with Crippen LogP contribution in [0.4, 0.5) is 18.9 Å². The third-order valence-corrected chi connectivity index (χ3v) is 4.80. The Morgan fingerprint density at radius 2 is 1.88 bits per heavy atom. The van der Waals surface area contributed by atoms with Crippen molar-refractivity contribution in [2.45, 2.75) is 26.6 Å². The Hall–Kier alpha value is -4.09. The zero-order valence-corrected chi connectivity index (χ0v) is 17.4. The molecule has 0 unspecified atom stereocenters. The number of halogens is 3. The molecule has 0 fully saturated rings. The zero-order chi connectivity index (χ0) is 24.5. The number of ether oxygens (including phenoxy) is 1. The van der Waals surface area contributed by atoms with E-state index in [-0.39, 0.29) is 41.2 Å². The van der Waals surface area contributed by atoms with Gasteiger partial charge in [0.15, 0.2) is 5.75 Å². The van der Waals surface area contributed by atoms with Crippen LogP contribution >= 0.6 is 0 Å². The van der Waals surface area contributed by atoms with E-state index in [9.17, 15) is 38.3 Å². The Morgan fingerprint density at radius 1 is 1.18 bits per heavy atom. The normalized spacial score (nSPS) is 11.4. The quantitative estimate of drug-likeness (QED) is 0.233. The van der Waals surface area contributed by atoms with E-state index >= 15 is 0 Å². The highest BCUT2D eigenvalue weighted by Gasteiger charge is 2.33. The Morgan fingerprint density at radius 3 is 2.39 bits per heavy atom. The summed E-state index contributed by atoms with van der Waals surface area (Å²) < 4.78 is 45.4. The van der Waals surface area contributed by atoms with Crippen LogP contribution in [0.25, 0.3) is 22.5 Å². The summed E-state index contributed by atoms with van der Waals surface area (Å²) in [5, 5.41) is 31.0. The van der Waals surface area contributed by atoms with Crippen molar-refractivity contribution in [3.8, 4) is 34.0 Å². The van der Waals surface area contributed by atoms with Gasteiger partial charge in [0.25, 0.3) is 0 Å². The molecule has 0 amide bonds. The average molecular weight is 465 g/mol. The molecule has 174 valence electrons. The van der Waals surface area contributed by atoms with Gasteiger partial charge in [0.2, 0.25) is 5.75 Å². The van der Waals surface area contributed by atoms with E-state index in [4.69, 9.17) is 4.74 Å². The number of hydrogen-bond donors (Lipinski definition) is 2. The molecule has 12 heteroatoms. The second kappa shape index (κ2) is 8.81. The van der Waals surface area contributed by atoms with Gasteiger partial charge in [0.05, 0.1) is 22.8 Å². The summed E-state index contributed by atoms with van der Waals surface area (Å²) in [6.45, 7) is 3.49. The SMILES string of the molecule is CCOC(=O)c1cc(-c2cc(O)c(O)c([N+](=O)[O-])c2)n(CC)c1-c1ccc(C(F)(F)F)nc1. The van der Waals surface area contributed by atoms with Gasteiger partial charge in [0, 0.05) is 35.6 Å². The molecule has 0 aliphatic carbocycles. The molecule has 0 saturated heterocycles. The number of aromatic hydroxyl groups is 2. The number of rotatable bonds is 6. The van der Waals surface area contributed by atoms with Crippen LogP contribution < -0.4 is 0 Å². The van der Waals surface area contributed by atoms with Crippen LogP contribution in [0.1, 0.15) is 29.9 Å². The van der Waals surface area contributed by atoms with E-state index in [1.165, 1.54) is 10.6 Å². The number of nitrogens with zero attached hydrogens (tertiary/aromatic N) is 3. The lowest BCUT2D eigenvalue weighted by Crippen LogP contribution is -2.09. The van der Waals surface area contributed by atoms with E-state index in [1.807, 2.05) is 0 Å². The summed E-state index contributed by atoms with van der Waals surface area (Å²) >= 11 is 0. The molecule has 0 spiro atoms. The maximum absolute atomic E-state index is 12.9. The van der Waals surface area contributed by atoms with Gasteiger partial charge in [-0.25, -0.2) is 4.79 Å². The van der Waals surface area contributed by atoms with Crippen molar-refractivity contribution < 1.29 is 37.8 Å². The summed E-state index contributed by atoms with van der Waals surface area (Å²) in [6.07, 6.45) is -3.68. The first-order valence-corrected chi connectivity index (χ1v) is 9.64. The number of esters is 1. The Balaban J connectivity index is 2.29. The molecule has 0 aliphatic rings. The second-order valence-corrected chi connectivity index (χ2v) is 6.81. The fourth-order valence-electron chi connectivity index (χ4n) is 3.39. The van der Waals surface area contributed by atoms with Crippen LogP contribution in [0.15, 0.2) is 36.5 Å². The Bertz CT molecular complexity index is 1220. The van der Waals surface area contributed by atoms with E-state index in [0.717, 1.165) is 30.5 Å². The third-order valence-electron chi connectivity index (χ3n) is 4.80. The number of carbonyl (C=O) groups excluding carboxylic acids is 1. The lowest BCUT2D eigenvalue weighted by molar-refractivity contribution is -0.385. The lowest BCUT2D eigenvalue weighted by atomic mass is 10.1. The number of nitro groups is 1. The minimum atomic E-state index is -4.65. The molecule has 0 radical (unpaired) electrons. The third kappa shape index (κ3) is 4.45. The molecular weight excluding hydrogens is 447 g/mol. The number of benzene rings is 1. The average Bonchev–Trinajstić information content (AvgIpc) is 3.14. The van der Waals surface area contributed by atoms with Gasteiger partial charge in [-0.3, -0.25) is 15.1 Å². The van der Waals surface area contributed by atoms with Gasteiger partial charge in [-0.15, -0.1) is 0 Å². The standard InChI is InChI=1S/C21H18F3N3O6/c1-3-26-14(12-7-15(27(31)32)19(29)16(28)8-12)9-13(20(30)33-4-2)18(26)11-5-6-17(25-10-11)21(22,23)24/h5-10,28-29H,3-4H2,1-2H3. The molecule has 3 rings (SSSR count). The van der Waals surface area contributed by atoms with Crippen molar-refractivity contribution in [2.75, 3.05) is 6.61 Å². The van der Waals surface area contributed by atoms with Crippen LogP contribution in [-0.4, -0.2) is 37.3 Å². The molecule has 0 saturated carbocycles. The van der Waals surface area contributed by atoms with Gasteiger partial charge in [-0.05, 0) is 38.1 Å². The summed E-state index contributed by atoms with van der Waals surface area (Å²) in [6, 6.07) is 5.37. The molecule has 1 aromatic carbocycles. The van der Waals surface area contributed by atoms with Crippen molar-refractivity contribution in [1.29, 1.82) is 0 Å². The fourth-order valence-corrected chi connectivity index (χ4v) is 3.39. The molecule has 0 atom stereocenters. The summed E-state index contributed by atoms with van der Waals surface area (Å²) in [5.41, 5.74) is -1.20. The number of phenols is 2. The van der Waals surface area contributed by atoms with E-state index in [1.54, 1.807) is 13.8 Å². The second-order valence-electron chi connectivity index (χ2n) is 6.81. The molecule has 0 aliphatic heterocycles. The Labute approximate surface area is 184 Å². The van der Waals surface area contributed by atoms with Crippen LogP contribution in [0.2, 0.25) is 0 Å².